The zero-order valence-corrected chi connectivity index (χ0v) is 16.1. The Morgan fingerprint density at radius 2 is 0.900 bits per heavy atom. The van der Waals surface area contributed by atoms with Crippen LogP contribution in [0.25, 0.3) is 33.4 Å². The first-order valence-electron chi connectivity index (χ1n) is 9.41. The van der Waals surface area contributed by atoms with Gasteiger partial charge in [-0.05, 0) is 53.9 Å². The Labute approximate surface area is 172 Å². The fourth-order valence-corrected chi connectivity index (χ4v) is 3.60. The lowest BCUT2D eigenvalue weighted by atomic mass is 9.86. The molecule has 0 bridgehead atoms. The molecule has 0 radical (unpaired) electrons. The Morgan fingerprint density at radius 3 is 1.30 bits per heavy atom. The minimum atomic E-state index is -0.502. The van der Waals surface area contributed by atoms with Crippen LogP contribution in [0, 0.1) is 17.5 Å². The van der Waals surface area contributed by atoms with E-state index in [9.17, 15) is 18.0 Å². The van der Waals surface area contributed by atoms with E-state index in [1.54, 1.807) is 60.7 Å². The summed E-state index contributed by atoms with van der Waals surface area (Å²) < 4.78 is 43.9. The van der Waals surface area contributed by atoms with Crippen LogP contribution in [-0.2, 0) is 0 Å². The van der Waals surface area contributed by atoms with Crippen LogP contribution in [0.2, 0.25) is 0 Å². The zero-order chi connectivity index (χ0) is 21.3. The molecule has 0 spiro atoms. The van der Waals surface area contributed by atoms with Crippen LogP contribution >= 0.6 is 0 Å². The number of ketones is 1. The fraction of sp³-hybridized carbons (Fsp3) is 0.0385. The molecule has 0 N–H and O–H groups in total. The van der Waals surface area contributed by atoms with Crippen molar-refractivity contribution in [2.75, 3.05) is 0 Å². The summed E-state index contributed by atoms with van der Waals surface area (Å²) in [4.78, 5) is 12.4. The first-order valence-corrected chi connectivity index (χ1v) is 9.41. The summed E-state index contributed by atoms with van der Waals surface area (Å²) in [5.74, 6) is -1.79. The van der Waals surface area contributed by atoms with Crippen molar-refractivity contribution in [1.29, 1.82) is 0 Å². The Balaban J connectivity index is 2.12. The van der Waals surface area contributed by atoms with E-state index >= 15 is 0 Å². The molecule has 0 aromatic heterocycles. The molecule has 1 nitrogen and oxygen atoms in total. The van der Waals surface area contributed by atoms with Crippen LogP contribution in [0.5, 0.6) is 0 Å². The van der Waals surface area contributed by atoms with Gasteiger partial charge >= 0.3 is 0 Å². The van der Waals surface area contributed by atoms with Gasteiger partial charge in [0.2, 0.25) is 0 Å². The maximum Gasteiger partial charge on any atom is 0.160 e. The fourth-order valence-electron chi connectivity index (χ4n) is 3.60. The van der Waals surface area contributed by atoms with Crippen molar-refractivity contribution in [2.45, 2.75) is 6.92 Å². The van der Waals surface area contributed by atoms with Crippen LogP contribution in [-0.4, -0.2) is 5.78 Å². The van der Waals surface area contributed by atoms with Crippen LogP contribution in [0.3, 0.4) is 0 Å². The molecule has 0 heterocycles. The molecule has 148 valence electrons. The van der Waals surface area contributed by atoms with E-state index < -0.39 is 17.5 Å². The zero-order valence-electron chi connectivity index (χ0n) is 16.1. The van der Waals surface area contributed by atoms with Crippen molar-refractivity contribution in [3.8, 4) is 33.4 Å². The number of benzene rings is 4. The molecular formula is C26H17F3O. The highest BCUT2D eigenvalue weighted by Crippen LogP contribution is 2.40. The molecule has 0 aliphatic rings. The lowest BCUT2D eigenvalue weighted by molar-refractivity contribution is 0.101. The highest BCUT2D eigenvalue weighted by molar-refractivity contribution is 6.04. The monoisotopic (exact) mass is 402 g/mol. The summed E-state index contributed by atoms with van der Waals surface area (Å²) in [5, 5.41) is 0. The van der Waals surface area contributed by atoms with E-state index in [0.29, 0.717) is 16.7 Å². The Morgan fingerprint density at radius 1 is 0.533 bits per heavy atom. The van der Waals surface area contributed by atoms with Gasteiger partial charge in [0.1, 0.15) is 17.5 Å². The third kappa shape index (κ3) is 3.52. The normalized spacial score (nSPS) is 10.8. The van der Waals surface area contributed by atoms with Gasteiger partial charge in [0.15, 0.2) is 5.78 Å². The second-order valence-electron chi connectivity index (χ2n) is 6.94. The number of Topliss-reactive ketones (excluding diaryl/α,β-unsaturated/α-hetero) is 1. The molecule has 0 saturated carbocycles. The van der Waals surface area contributed by atoms with Gasteiger partial charge in [-0.25, -0.2) is 13.2 Å². The SMILES string of the molecule is CC(=O)c1cc(-c2ccccc2F)c(-c2ccccc2F)cc1-c1ccccc1F. The predicted molar refractivity (Wildman–Crippen MR) is 113 cm³/mol. The molecule has 0 saturated heterocycles. The Hall–Kier alpha value is -3.66. The number of carbonyl (C=O) groups excluding carboxylic acids is 1. The Kier molecular flexibility index (Phi) is 5.23. The first kappa shape index (κ1) is 19.6. The van der Waals surface area contributed by atoms with Crippen molar-refractivity contribution in [2.24, 2.45) is 0 Å². The van der Waals surface area contributed by atoms with Crippen molar-refractivity contribution in [3.05, 3.63) is 108 Å². The number of halogens is 3. The summed E-state index contributed by atoms with van der Waals surface area (Å²) in [6.07, 6.45) is 0. The van der Waals surface area contributed by atoms with Crippen LogP contribution < -0.4 is 0 Å². The third-order valence-corrected chi connectivity index (χ3v) is 5.03. The summed E-state index contributed by atoms with van der Waals surface area (Å²) in [6, 6.07) is 21.4. The highest BCUT2D eigenvalue weighted by Gasteiger charge is 2.21. The summed E-state index contributed by atoms with van der Waals surface area (Å²) >= 11 is 0. The summed E-state index contributed by atoms with van der Waals surface area (Å²) in [7, 11) is 0. The van der Waals surface area contributed by atoms with E-state index in [1.165, 1.54) is 31.2 Å². The molecule has 30 heavy (non-hydrogen) atoms. The molecule has 4 aromatic carbocycles. The smallest absolute Gasteiger partial charge is 0.160 e. The lowest BCUT2D eigenvalue weighted by Gasteiger charge is -2.17. The molecule has 0 unspecified atom stereocenters. The number of hydrogen-bond acceptors (Lipinski definition) is 1. The number of rotatable bonds is 4. The van der Waals surface area contributed by atoms with Crippen molar-refractivity contribution < 1.29 is 18.0 Å². The maximum absolute atomic E-state index is 14.7. The van der Waals surface area contributed by atoms with E-state index in [-0.39, 0.29) is 28.0 Å². The molecule has 0 atom stereocenters. The minimum absolute atomic E-state index is 0.223. The van der Waals surface area contributed by atoms with Gasteiger partial charge in [-0.1, -0.05) is 54.6 Å². The first-order chi connectivity index (χ1) is 14.5. The van der Waals surface area contributed by atoms with Gasteiger partial charge in [-0.15, -0.1) is 0 Å². The van der Waals surface area contributed by atoms with Gasteiger partial charge in [0, 0.05) is 22.3 Å². The number of hydrogen-bond donors (Lipinski definition) is 0. The average Bonchev–Trinajstić information content (AvgIpc) is 2.74. The molecule has 4 rings (SSSR count). The van der Waals surface area contributed by atoms with E-state index in [0.717, 1.165) is 0 Å². The van der Waals surface area contributed by atoms with Gasteiger partial charge < -0.3 is 0 Å². The largest absolute Gasteiger partial charge is 0.294 e. The van der Waals surface area contributed by atoms with E-state index in [4.69, 9.17) is 0 Å². The van der Waals surface area contributed by atoms with E-state index in [2.05, 4.69) is 0 Å². The topological polar surface area (TPSA) is 17.1 Å². The average molecular weight is 402 g/mol. The van der Waals surface area contributed by atoms with Crippen molar-refractivity contribution in [1.82, 2.24) is 0 Å². The van der Waals surface area contributed by atoms with Crippen LogP contribution in [0.15, 0.2) is 84.9 Å². The van der Waals surface area contributed by atoms with Crippen molar-refractivity contribution >= 4 is 5.78 Å². The molecular weight excluding hydrogens is 385 g/mol. The highest BCUT2D eigenvalue weighted by atomic mass is 19.1. The van der Waals surface area contributed by atoms with Gasteiger partial charge in [0.25, 0.3) is 0 Å². The van der Waals surface area contributed by atoms with Crippen molar-refractivity contribution in [3.63, 3.8) is 0 Å². The van der Waals surface area contributed by atoms with Crippen LogP contribution in [0.4, 0.5) is 13.2 Å². The molecule has 4 heteroatoms. The van der Waals surface area contributed by atoms with Gasteiger partial charge in [-0.3, -0.25) is 4.79 Å². The molecule has 0 amide bonds. The standard InChI is InChI=1S/C26H17F3O/c1-16(30)20-14-22(18-9-3-6-12-25(18)28)23(19-10-4-7-13-26(19)29)15-21(20)17-8-2-5-11-24(17)27/h2-15H,1H3. The molecule has 0 aliphatic carbocycles. The number of carbonyl (C=O) groups is 1. The molecule has 4 aromatic rings. The molecule has 0 fully saturated rings. The quantitative estimate of drug-likeness (QED) is 0.327. The Bertz CT molecular complexity index is 1260. The second-order valence-corrected chi connectivity index (χ2v) is 6.94. The molecule has 0 aliphatic heterocycles. The van der Waals surface area contributed by atoms with Gasteiger partial charge in [0.05, 0.1) is 0 Å². The third-order valence-electron chi connectivity index (χ3n) is 5.03. The van der Waals surface area contributed by atoms with Crippen LogP contribution in [0.1, 0.15) is 17.3 Å². The lowest BCUT2D eigenvalue weighted by Crippen LogP contribution is -2.01. The van der Waals surface area contributed by atoms with E-state index in [1.807, 2.05) is 0 Å². The summed E-state index contributed by atoms with van der Waals surface area (Å²) in [6.45, 7) is 1.37. The second kappa shape index (κ2) is 7.99. The predicted octanol–water partition coefficient (Wildman–Crippen LogP) is 7.31. The van der Waals surface area contributed by atoms with Gasteiger partial charge in [-0.2, -0.15) is 0 Å². The summed E-state index contributed by atoms with van der Waals surface area (Å²) in [5.41, 5.74) is 2.00. The minimum Gasteiger partial charge on any atom is -0.294 e. The maximum atomic E-state index is 14.7.